The Morgan fingerprint density at radius 1 is 1.33 bits per heavy atom. The molecule has 3 rings (SSSR count). The number of hydrogen-bond acceptors (Lipinski definition) is 4. The van der Waals surface area contributed by atoms with Crippen LogP contribution in [0.25, 0.3) is 10.2 Å². The summed E-state index contributed by atoms with van der Waals surface area (Å²) >= 11 is 1.53. The Bertz CT molecular complexity index is 947. The van der Waals surface area contributed by atoms with Crippen molar-refractivity contribution in [2.75, 3.05) is 7.05 Å². The molecule has 1 N–H and O–H groups in total. The predicted octanol–water partition coefficient (Wildman–Crippen LogP) is 3.93. The van der Waals surface area contributed by atoms with Crippen LogP contribution >= 0.6 is 11.3 Å². The zero-order valence-electron chi connectivity index (χ0n) is 14.2. The van der Waals surface area contributed by atoms with Gasteiger partial charge in [-0.2, -0.15) is 0 Å². The van der Waals surface area contributed by atoms with E-state index in [1.165, 1.54) is 17.4 Å². The summed E-state index contributed by atoms with van der Waals surface area (Å²) in [6.45, 7) is 6.34. The van der Waals surface area contributed by atoms with E-state index in [9.17, 15) is 9.18 Å². The SMILES string of the molecule is Cc1sc2nc(C(C)N(C)Cc3ccccc3F)[nH]c(=O)c2c1C. The van der Waals surface area contributed by atoms with Crippen molar-refractivity contribution in [1.82, 2.24) is 14.9 Å². The van der Waals surface area contributed by atoms with Crippen LogP contribution in [-0.2, 0) is 6.54 Å². The predicted molar refractivity (Wildman–Crippen MR) is 96.0 cm³/mol. The highest BCUT2D eigenvalue weighted by Crippen LogP contribution is 2.27. The summed E-state index contributed by atoms with van der Waals surface area (Å²) in [7, 11) is 1.90. The first-order valence-corrected chi connectivity index (χ1v) is 8.63. The van der Waals surface area contributed by atoms with Crippen LogP contribution in [0.1, 0.15) is 34.8 Å². The van der Waals surface area contributed by atoms with E-state index in [0.717, 1.165) is 15.3 Å². The lowest BCUT2D eigenvalue weighted by Crippen LogP contribution is -2.26. The van der Waals surface area contributed by atoms with E-state index in [1.54, 1.807) is 12.1 Å². The number of aromatic nitrogens is 2. The minimum atomic E-state index is -0.224. The average Bonchev–Trinajstić information content (AvgIpc) is 2.83. The van der Waals surface area contributed by atoms with Crippen LogP contribution in [-0.4, -0.2) is 21.9 Å². The van der Waals surface area contributed by atoms with Crippen LogP contribution in [0.4, 0.5) is 4.39 Å². The van der Waals surface area contributed by atoms with Crippen molar-refractivity contribution in [2.45, 2.75) is 33.4 Å². The quantitative estimate of drug-likeness (QED) is 0.779. The zero-order valence-corrected chi connectivity index (χ0v) is 15.0. The van der Waals surface area contributed by atoms with E-state index in [1.807, 2.05) is 38.8 Å². The van der Waals surface area contributed by atoms with Crippen LogP contribution in [0.3, 0.4) is 0 Å². The third-order valence-electron chi connectivity index (χ3n) is 4.49. The third-order valence-corrected chi connectivity index (χ3v) is 5.59. The summed E-state index contributed by atoms with van der Waals surface area (Å²) in [5.41, 5.74) is 1.50. The van der Waals surface area contributed by atoms with Crippen molar-refractivity contribution in [3.8, 4) is 0 Å². The highest BCUT2D eigenvalue weighted by molar-refractivity contribution is 7.18. The third kappa shape index (κ3) is 2.99. The fourth-order valence-electron chi connectivity index (χ4n) is 2.71. The van der Waals surface area contributed by atoms with Crippen molar-refractivity contribution >= 4 is 21.6 Å². The van der Waals surface area contributed by atoms with Crippen molar-refractivity contribution < 1.29 is 4.39 Å². The number of aryl methyl sites for hydroxylation is 2. The van der Waals surface area contributed by atoms with Gasteiger partial charge < -0.3 is 4.98 Å². The maximum Gasteiger partial charge on any atom is 0.259 e. The molecular weight excluding hydrogens is 325 g/mol. The molecule has 0 saturated heterocycles. The van der Waals surface area contributed by atoms with E-state index in [-0.39, 0.29) is 17.4 Å². The van der Waals surface area contributed by atoms with Crippen molar-refractivity contribution in [2.24, 2.45) is 0 Å². The van der Waals surface area contributed by atoms with Gasteiger partial charge >= 0.3 is 0 Å². The first kappa shape index (κ1) is 16.8. The molecule has 2 heterocycles. The summed E-state index contributed by atoms with van der Waals surface area (Å²) in [5.74, 6) is 0.380. The van der Waals surface area contributed by atoms with Gasteiger partial charge in [0, 0.05) is 17.0 Å². The van der Waals surface area contributed by atoms with Gasteiger partial charge in [0.1, 0.15) is 16.5 Å². The molecule has 4 nitrogen and oxygen atoms in total. The fraction of sp³-hybridized carbons (Fsp3) is 0.333. The maximum atomic E-state index is 13.8. The lowest BCUT2D eigenvalue weighted by molar-refractivity contribution is 0.240. The first-order chi connectivity index (χ1) is 11.4. The second-order valence-electron chi connectivity index (χ2n) is 6.10. The molecule has 1 aromatic carbocycles. The molecule has 24 heavy (non-hydrogen) atoms. The summed E-state index contributed by atoms with van der Waals surface area (Å²) in [5, 5.41) is 0.671. The highest BCUT2D eigenvalue weighted by atomic mass is 32.1. The number of hydrogen-bond donors (Lipinski definition) is 1. The minimum Gasteiger partial charge on any atom is -0.309 e. The van der Waals surface area contributed by atoms with Crippen molar-refractivity contribution in [3.05, 3.63) is 62.3 Å². The summed E-state index contributed by atoms with van der Waals surface area (Å²) < 4.78 is 13.8. The van der Waals surface area contributed by atoms with E-state index < -0.39 is 0 Å². The van der Waals surface area contributed by atoms with Crippen LogP contribution < -0.4 is 5.56 Å². The second-order valence-corrected chi connectivity index (χ2v) is 7.30. The Morgan fingerprint density at radius 2 is 2.04 bits per heavy atom. The molecule has 0 amide bonds. The van der Waals surface area contributed by atoms with E-state index >= 15 is 0 Å². The summed E-state index contributed by atoms with van der Waals surface area (Å²) in [4.78, 5) is 23.8. The van der Waals surface area contributed by atoms with Crippen LogP contribution in [0.2, 0.25) is 0 Å². The van der Waals surface area contributed by atoms with Crippen LogP contribution in [0.5, 0.6) is 0 Å². The molecular formula is C18H20FN3OS. The molecule has 1 atom stereocenters. The Hall–Kier alpha value is -2.05. The smallest absolute Gasteiger partial charge is 0.259 e. The standard InChI is InChI=1S/C18H20FN3OS/c1-10-12(3)24-18-15(10)17(23)20-16(21-18)11(2)22(4)9-13-7-5-6-8-14(13)19/h5-8,11H,9H2,1-4H3,(H,20,21,23). The Morgan fingerprint density at radius 3 is 2.75 bits per heavy atom. The highest BCUT2D eigenvalue weighted by Gasteiger charge is 2.19. The number of nitrogens with zero attached hydrogens (tertiary/aromatic N) is 2. The molecule has 0 bridgehead atoms. The average molecular weight is 345 g/mol. The molecule has 6 heteroatoms. The molecule has 126 valence electrons. The number of rotatable bonds is 4. The first-order valence-electron chi connectivity index (χ1n) is 7.82. The molecule has 0 aliphatic heterocycles. The molecule has 2 aromatic heterocycles. The van der Waals surface area contributed by atoms with Gasteiger partial charge in [-0.1, -0.05) is 18.2 Å². The Balaban J connectivity index is 1.92. The van der Waals surface area contributed by atoms with Crippen molar-refractivity contribution in [3.63, 3.8) is 0 Å². The second kappa shape index (κ2) is 6.45. The molecule has 0 radical (unpaired) electrons. The number of fused-ring (bicyclic) bond motifs is 1. The molecule has 3 aromatic rings. The number of aromatic amines is 1. The number of H-pyrrole nitrogens is 1. The van der Waals surface area contributed by atoms with Gasteiger partial charge in [-0.25, -0.2) is 9.37 Å². The molecule has 1 unspecified atom stereocenters. The summed E-state index contributed by atoms with van der Waals surface area (Å²) in [6.07, 6.45) is 0. The van der Waals surface area contributed by atoms with E-state index in [4.69, 9.17) is 0 Å². The summed E-state index contributed by atoms with van der Waals surface area (Å²) in [6, 6.07) is 6.59. The largest absolute Gasteiger partial charge is 0.309 e. The zero-order chi connectivity index (χ0) is 17.4. The normalized spacial score (nSPS) is 12.9. The Labute approximate surface area is 144 Å². The van der Waals surface area contributed by atoms with Gasteiger partial charge in [0.05, 0.1) is 11.4 Å². The van der Waals surface area contributed by atoms with Crippen molar-refractivity contribution in [1.29, 1.82) is 0 Å². The number of halogens is 1. The monoisotopic (exact) mass is 345 g/mol. The number of benzene rings is 1. The molecule has 0 aliphatic rings. The minimum absolute atomic E-state index is 0.108. The van der Waals surface area contributed by atoms with Gasteiger partial charge in [0.15, 0.2) is 0 Å². The Kier molecular flexibility index (Phi) is 4.51. The maximum absolute atomic E-state index is 13.8. The lowest BCUT2D eigenvalue weighted by atomic mass is 10.1. The lowest BCUT2D eigenvalue weighted by Gasteiger charge is -2.24. The fourth-order valence-corrected chi connectivity index (χ4v) is 3.75. The number of thiophene rings is 1. The van der Waals surface area contributed by atoms with Crippen LogP contribution in [0.15, 0.2) is 29.1 Å². The van der Waals surface area contributed by atoms with E-state index in [2.05, 4.69) is 9.97 Å². The van der Waals surface area contributed by atoms with Crippen LogP contribution in [0, 0.1) is 19.7 Å². The molecule has 0 spiro atoms. The van der Waals surface area contributed by atoms with Gasteiger partial charge in [-0.3, -0.25) is 9.69 Å². The van der Waals surface area contributed by atoms with Gasteiger partial charge in [0.2, 0.25) is 0 Å². The van der Waals surface area contributed by atoms with E-state index in [0.29, 0.717) is 23.3 Å². The van der Waals surface area contributed by atoms with Gasteiger partial charge in [-0.15, -0.1) is 11.3 Å². The van der Waals surface area contributed by atoms with Gasteiger partial charge in [0.25, 0.3) is 5.56 Å². The topological polar surface area (TPSA) is 49.0 Å². The van der Waals surface area contributed by atoms with Gasteiger partial charge in [-0.05, 0) is 39.4 Å². The molecule has 0 saturated carbocycles. The molecule has 0 aliphatic carbocycles. The molecule has 0 fully saturated rings. The number of nitrogens with one attached hydrogen (secondary N) is 1.